The van der Waals surface area contributed by atoms with Gasteiger partial charge < -0.3 is 30.7 Å². The van der Waals surface area contributed by atoms with E-state index >= 15 is 0 Å². The molecule has 1 atom stereocenters. The standard InChI is InChI=1S/C37H37F2N9O3S/c38-24-6-8-29(30(39)16-24)37(50,21-46-23-41-22-43-46)20-45-12-10-25(11-13-45)42-19-28-18-32-35(52-28)44-34(40)36(49)48(32)27-7-9-33-31(17-27)47(14-15-51-33)26-4-2-1-3-5-26/h1-9,16-18,22-23,25,42,50H,10-15,19-21H2,(H2,40,44)/p+2/t37-/m0/s1. The molecule has 2 aliphatic rings. The number of anilines is 3. The van der Waals surface area contributed by atoms with Crippen molar-refractivity contribution in [2.75, 3.05) is 43.4 Å². The van der Waals surface area contributed by atoms with E-state index in [-0.39, 0.29) is 30.0 Å². The van der Waals surface area contributed by atoms with Crippen molar-refractivity contribution < 1.29 is 28.8 Å². The number of hydrogen-bond donors (Lipinski definition) is 4. The van der Waals surface area contributed by atoms with Crippen molar-refractivity contribution in [1.82, 2.24) is 24.3 Å². The van der Waals surface area contributed by atoms with Crippen molar-refractivity contribution in [3.8, 4) is 11.4 Å². The molecule has 0 radical (unpaired) electrons. The number of rotatable bonds is 10. The minimum absolute atomic E-state index is 0.00527. The molecule has 1 saturated heterocycles. The van der Waals surface area contributed by atoms with Crippen molar-refractivity contribution in [2.45, 2.75) is 37.6 Å². The van der Waals surface area contributed by atoms with Crippen molar-refractivity contribution in [3.63, 3.8) is 0 Å². The quantitative estimate of drug-likeness (QED) is 0.168. The fraction of sp³-hybridized carbons (Fsp3) is 0.297. The van der Waals surface area contributed by atoms with Crippen LogP contribution in [0.5, 0.6) is 5.75 Å². The van der Waals surface area contributed by atoms with E-state index < -0.39 is 17.2 Å². The van der Waals surface area contributed by atoms with Crippen molar-refractivity contribution >= 4 is 38.9 Å². The number of nitrogen functional groups attached to an aromatic ring is 1. The highest BCUT2D eigenvalue weighted by atomic mass is 32.1. The molecule has 52 heavy (non-hydrogen) atoms. The summed E-state index contributed by atoms with van der Waals surface area (Å²) in [6.45, 7) is 3.71. The maximum absolute atomic E-state index is 14.9. The molecule has 5 heterocycles. The van der Waals surface area contributed by atoms with Crippen molar-refractivity contribution in [2.24, 2.45) is 0 Å². The Morgan fingerprint density at radius 2 is 1.88 bits per heavy atom. The number of quaternary nitrogens is 2. The molecule has 2 aliphatic heterocycles. The number of likely N-dealkylation sites (tertiary alicyclic amines) is 1. The summed E-state index contributed by atoms with van der Waals surface area (Å²) in [6, 6.07) is 21.5. The third-order valence-electron chi connectivity index (χ3n) is 10.0. The second-order valence-corrected chi connectivity index (χ2v) is 14.6. The first kappa shape index (κ1) is 33.9. The van der Waals surface area contributed by atoms with Gasteiger partial charge in [0.25, 0.3) is 5.56 Å². The number of piperidine rings is 1. The number of para-hydroxylation sites is 1. The van der Waals surface area contributed by atoms with Crippen LogP contribution in [0.1, 0.15) is 23.3 Å². The van der Waals surface area contributed by atoms with Gasteiger partial charge in [-0.2, -0.15) is 5.10 Å². The van der Waals surface area contributed by atoms with Gasteiger partial charge in [0.15, 0.2) is 11.4 Å². The molecule has 12 nitrogen and oxygen atoms in total. The van der Waals surface area contributed by atoms with Gasteiger partial charge in [0.1, 0.15) is 54.6 Å². The van der Waals surface area contributed by atoms with Gasteiger partial charge >= 0.3 is 0 Å². The molecule has 6 aromatic rings. The summed E-state index contributed by atoms with van der Waals surface area (Å²) >= 11 is 1.52. The lowest BCUT2D eigenvalue weighted by atomic mass is 9.91. The van der Waals surface area contributed by atoms with Crippen LogP contribution in [0.2, 0.25) is 0 Å². The number of halogens is 2. The van der Waals surface area contributed by atoms with Gasteiger partial charge in [-0.15, -0.1) is 11.3 Å². The van der Waals surface area contributed by atoms with E-state index in [2.05, 4.69) is 37.4 Å². The molecule has 268 valence electrons. The first-order valence-electron chi connectivity index (χ1n) is 17.3. The lowest BCUT2D eigenvalue weighted by Gasteiger charge is -2.35. The average Bonchev–Trinajstić information content (AvgIpc) is 3.81. The van der Waals surface area contributed by atoms with Gasteiger partial charge in [-0.25, -0.2) is 23.4 Å². The number of fused-ring (bicyclic) bond motifs is 2. The number of nitrogens with one attached hydrogen (secondary N) is 1. The lowest BCUT2D eigenvalue weighted by molar-refractivity contribution is -0.920. The molecule has 0 spiro atoms. The van der Waals surface area contributed by atoms with Crippen LogP contribution in [-0.4, -0.2) is 68.2 Å². The summed E-state index contributed by atoms with van der Waals surface area (Å²) in [5.74, 6) is -0.789. The van der Waals surface area contributed by atoms with Crippen LogP contribution in [0, 0.1) is 11.6 Å². The minimum atomic E-state index is -1.61. The maximum Gasteiger partial charge on any atom is 0.298 e. The normalized spacial score (nSPS) is 18.6. The first-order valence-corrected chi connectivity index (χ1v) is 18.1. The van der Waals surface area contributed by atoms with E-state index in [1.54, 1.807) is 4.57 Å². The van der Waals surface area contributed by atoms with E-state index in [1.165, 1.54) is 40.8 Å². The van der Waals surface area contributed by atoms with Gasteiger partial charge in [-0.05, 0) is 48.5 Å². The first-order chi connectivity index (χ1) is 25.2. The Hall–Kier alpha value is -5.22. The largest absolute Gasteiger partial charge is 0.490 e. The fourth-order valence-corrected chi connectivity index (χ4v) is 8.46. The zero-order valence-corrected chi connectivity index (χ0v) is 29.1. The van der Waals surface area contributed by atoms with E-state index in [4.69, 9.17) is 10.5 Å². The summed E-state index contributed by atoms with van der Waals surface area (Å²) in [7, 11) is 0. The number of aromatic nitrogens is 5. The predicted octanol–water partition coefficient (Wildman–Crippen LogP) is 2.13. The topological polar surface area (TPSA) is 145 Å². The Morgan fingerprint density at radius 3 is 2.65 bits per heavy atom. The highest BCUT2D eigenvalue weighted by molar-refractivity contribution is 7.18. The van der Waals surface area contributed by atoms with Crippen LogP contribution in [0.25, 0.3) is 16.0 Å². The summed E-state index contributed by atoms with van der Waals surface area (Å²) < 4.78 is 37.8. The fourth-order valence-electron chi connectivity index (χ4n) is 7.46. The number of ether oxygens (including phenoxy) is 1. The van der Waals surface area contributed by atoms with Crippen LogP contribution in [0.15, 0.2) is 90.2 Å². The van der Waals surface area contributed by atoms with Crippen molar-refractivity contribution in [1.29, 1.82) is 0 Å². The highest BCUT2D eigenvalue weighted by Crippen LogP contribution is 2.38. The zero-order valence-electron chi connectivity index (χ0n) is 28.3. The van der Waals surface area contributed by atoms with Crippen LogP contribution in [0.4, 0.5) is 26.0 Å². The highest BCUT2D eigenvalue weighted by Gasteiger charge is 2.39. The number of aliphatic hydroxyl groups is 1. The molecule has 6 N–H and O–H groups in total. The number of thiophene rings is 1. The molecular formula is C37H39F2N9O3S+2. The third-order valence-corrected chi connectivity index (χ3v) is 11.1. The second-order valence-electron chi connectivity index (χ2n) is 13.5. The van der Waals surface area contributed by atoms with Gasteiger partial charge in [0.2, 0.25) is 0 Å². The second kappa shape index (κ2) is 14.1. The Labute approximate surface area is 301 Å². The number of benzene rings is 3. The Balaban J connectivity index is 0.969. The molecule has 3 aromatic carbocycles. The van der Waals surface area contributed by atoms with Gasteiger partial charge in [0, 0.05) is 30.2 Å². The molecule has 1 fully saturated rings. The van der Waals surface area contributed by atoms with Crippen LogP contribution in [-0.2, 0) is 18.7 Å². The minimum Gasteiger partial charge on any atom is -0.490 e. The molecule has 15 heteroatoms. The van der Waals surface area contributed by atoms with E-state index in [1.807, 2.05) is 42.5 Å². The maximum atomic E-state index is 14.9. The van der Waals surface area contributed by atoms with Gasteiger partial charge in [-0.3, -0.25) is 9.36 Å². The Morgan fingerprint density at radius 1 is 1.06 bits per heavy atom. The molecule has 3 aromatic heterocycles. The molecule has 0 bridgehead atoms. The van der Waals surface area contributed by atoms with Crippen LogP contribution in [0.3, 0.4) is 0 Å². The molecular weight excluding hydrogens is 689 g/mol. The van der Waals surface area contributed by atoms with E-state index in [0.717, 1.165) is 58.9 Å². The van der Waals surface area contributed by atoms with Crippen LogP contribution >= 0.6 is 11.3 Å². The number of hydrogen-bond acceptors (Lipinski definition) is 9. The van der Waals surface area contributed by atoms with E-state index in [0.29, 0.717) is 41.8 Å². The summed E-state index contributed by atoms with van der Waals surface area (Å²) in [4.78, 5) is 27.0. The average molecular weight is 728 g/mol. The predicted molar refractivity (Wildman–Crippen MR) is 193 cm³/mol. The van der Waals surface area contributed by atoms with E-state index in [9.17, 15) is 18.7 Å². The lowest BCUT2D eigenvalue weighted by Crippen LogP contribution is -3.16. The van der Waals surface area contributed by atoms with Crippen LogP contribution < -0.4 is 31.1 Å². The van der Waals surface area contributed by atoms with Gasteiger partial charge in [0.05, 0.1) is 54.0 Å². The molecule has 0 amide bonds. The van der Waals surface area contributed by atoms with Gasteiger partial charge in [-0.1, -0.05) is 18.2 Å². The monoisotopic (exact) mass is 727 g/mol. The third kappa shape index (κ3) is 6.75. The molecule has 0 aliphatic carbocycles. The Kier molecular flexibility index (Phi) is 9.17. The molecule has 0 saturated carbocycles. The smallest absolute Gasteiger partial charge is 0.298 e. The number of nitrogens with zero attached hydrogens (tertiary/aromatic N) is 6. The zero-order chi connectivity index (χ0) is 35.8. The van der Waals surface area contributed by atoms with Crippen molar-refractivity contribution in [3.05, 3.63) is 118 Å². The number of nitrogens with two attached hydrogens (primary N) is 2. The summed E-state index contributed by atoms with van der Waals surface area (Å²) in [6.07, 6.45) is 4.60. The molecule has 0 unspecified atom stereocenters. The molecule has 8 rings (SSSR count). The SMILES string of the molecule is Nc1nc2sc(C[NH2+]C3CC[NH+](C[C@](O)(Cn4cncn4)c4ccc(F)cc4F)CC3)cc2n(-c2ccc3c(c2)N(c2ccccc2)CCO3)c1=O. The summed E-state index contributed by atoms with van der Waals surface area (Å²) in [5, 5.41) is 18.2. The summed E-state index contributed by atoms with van der Waals surface area (Å²) in [5.41, 5.74) is 7.55. The Bertz CT molecular complexity index is 2260.